The molecule has 0 aliphatic rings. The third-order valence-electron chi connectivity index (χ3n) is 2.07. The van der Waals surface area contributed by atoms with Crippen molar-refractivity contribution < 1.29 is 56.0 Å². The molecule has 1 radical (unpaired) electrons. The first kappa shape index (κ1) is 25.6. The van der Waals surface area contributed by atoms with Crippen LogP contribution in [-0.4, -0.2) is 45.3 Å². The Morgan fingerprint density at radius 1 is 0.652 bits per heavy atom. The summed E-state index contributed by atoms with van der Waals surface area (Å²) in [4.78, 5) is 62.0. The summed E-state index contributed by atoms with van der Waals surface area (Å²) in [5, 5.41) is 16.2. The number of carboxylic acid groups (broad SMARTS) is 2. The molecule has 0 saturated carbocycles. The molecule has 0 fully saturated rings. The first-order valence-corrected chi connectivity index (χ1v) is 5.79. The van der Waals surface area contributed by atoms with E-state index in [0.717, 1.165) is 0 Å². The molecule has 0 aliphatic carbocycles. The molecule has 131 valence electrons. The second-order valence-electron chi connectivity index (χ2n) is 4.22. The van der Waals surface area contributed by atoms with Crippen molar-refractivity contribution in [2.45, 2.75) is 26.7 Å². The van der Waals surface area contributed by atoms with Crippen molar-refractivity contribution in [3.8, 4) is 0 Å². The van der Waals surface area contributed by atoms with Crippen LogP contribution in [0.3, 0.4) is 0 Å². The Kier molecular flexibility index (Phi) is 13.6. The van der Waals surface area contributed by atoms with Crippen molar-refractivity contribution in [3.05, 3.63) is 24.3 Å². The van der Waals surface area contributed by atoms with Gasteiger partial charge in [-0.2, -0.15) is 0 Å². The second kappa shape index (κ2) is 12.2. The number of allylic oxidation sites excluding steroid dienone is 2. The van der Waals surface area contributed by atoms with Gasteiger partial charge in [-0.15, -0.1) is 0 Å². The summed E-state index contributed by atoms with van der Waals surface area (Å²) < 4.78 is 0. The van der Waals surface area contributed by atoms with Gasteiger partial charge in [-0.1, -0.05) is 13.2 Å². The molecule has 0 unspecified atom stereocenters. The van der Waals surface area contributed by atoms with Gasteiger partial charge in [0.25, 0.3) is 0 Å². The van der Waals surface area contributed by atoms with Crippen molar-refractivity contribution in [1.29, 1.82) is 0 Å². The summed E-state index contributed by atoms with van der Waals surface area (Å²) in [6, 6.07) is 0. The van der Waals surface area contributed by atoms with E-state index in [0.29, 0.717) is 0 Å². The van der Waals surface area contributed by atoms with E-state index in [9.17, 15) is 28.8 Å². The molecule has 0 spiro atoms. The third kappa shape index (κ3) is 13.0. The zero-order chi connectivity index (χ0) is 18.0. The van der Waals surface area contributed by atoms with Gasteiger partial charge in [0.05, 0.1) is 12.8 Å². The van der Waals surface area contributed by atoms with E-state index < -0.39 is 47.9 Å². The quantitative estimate of drug-likeness (QED) is 0.267. The fourth-order valence-corrected chi connectivity index (χ4v) is 0.745. The van der Waals surface area contributed by atoms with Crippen LogP contribution in [0, 0.1) is 0 Å². The fraction of sp³-hybridized carbons (Fsp3) is 0.286. The van der Waals surface area contributed by atoms with Gasteiger partial charge in [0.15, 0.2) is 11.6 Å². The molecule has 9 heteroatoms. The van der Waals surface area contributed by atoms with E-state index in [1.165, 1.54) is 13.8 Å². The van der Waals surface area contributed by atoms with Crippen LogP contribution in [0.2, 0.25) is 0 Å². The number of hydrogen-bond donors (Lipinski definition) is 2. The van der Waals surface area contributed by atoms with Crippen LogP contribution in [-0.2, 0) is 45.8 Å². The van der Waals surface area contributed by atoms with Gasteiger partial charge in [-0.25, -0.2) is 9.59 Å². The summed E-state index contributed by atoms with van der Waals surface area (Å²) in [6.45, 7) is 9.40. The monoisotopic (exact) mass is 375 g/mol. The molecular weight excluding hydrogens is 360 g/mol. The summed E-state index contributed by atoms with van der Waals surface area (Å²) in [5.41, 5.74) is 0.388. The minimum absolute atomic E-state index is 0. The van der Waals surface area contributed by atoms with Gasteiger partial charge in [-0.05, 0) is 25.0 Å². The minimum atomic E-state index is -1.58. The summed E-state index contributed by atoms with van der Waals surface area (Å²) in [7, 11) is 0. The first-order chi connectivity index (χ1) is 9.89. The molecule has 0 amide bonds. The average Bonchev–Trinajstić information content (AvgIpc) is 2.38. The Morgan fingerprint density at radius 2 is 0.870 bits per heavy atom. The van der Waals surface area contributed by atoms with Crippen LogP contribution < -0.4 is 0 Å². The normalized spacial score (nSPS) is 8.43. The molecule has 0 aromatic carbocycles. The number of rotatable bonds is 8. The fourth-order valence-electron chi connectivity index (χ4n) is 0.745. The predicted octanol–water partition coefficient (Wildman–Crippen LogP) is 0.348. The van der Waals surface area contributed by atoms with Gasteiger partial charge in [0, 0.05) is 17.1 Å². The number of ketones is 4. The molecule has 0 atom stereocenters. The number of aliphatic carboxylic acids is 2. The molecule has 0 aliphatic heterocycles. The van der Waals surface area contributed by atoms with Gasteiger partial charge >= 0.3 is 11.9 Å². The molecule has 23 heavy (non-hydrogen) atoms. The van der Waals surface area contributed by atoms with Gasteiger partial charge < -0.3 is 10.2 Å². The van der Waals surface area contributed by atoms with Crippen molar-refractivity contribution in [3.63, 3.8) is 0 Å². The molecule has 0 aromatic heterocycles. The summed E-state index contributed by atoms with van der Waals surface area (Å²) in [5.74, 6) is -6.43. The Balaban J connectivity index is -0.000000333. The number of carbonyl (C=O) groups excluding carboxylic acids is 4. The number of carbonyl (C=O) groups is 6. The van der Waals surface area contributed by atoms with Gasteiger partial charge in [-0.3, -0.25) is 19.2 Å². The van der Waals surface area contributed by atoms with Gasteiger partial charge in [0.2, 0.25) is 11.6 Å². The maximum Gasteiger partial charge on any atom is 0.372 e. The molecule has 0 rings (SSSR count). The van der Waals surface area contributed by atoms with Crippen LogP contribution >= 0.6 is 0 Å². The van der Waals surface area contributed by atoms with Crippen molar-refractivity contribution >= 4 is 35.1 Å². The Labute approximate surface area is 142 Å². The Hall–Kier alpha value is -2.38. The van der Waals surface area contributed by atoms with Crippen molar-refractivity contribution in [2.24, 2.45) is 0 Å². The Bertz CT molecular complexity index is 461. The van der Waals surface area contributed by atoms with Crippen LogP contribution in [0.15, 0.2) is 24.3 Å². The van der Waals surface area contributed by atoms with Crippen LogP contribution in [0.25, 0.3) is 0 Å². The predicted molar refractivity (Wildman–Crippen MR) is 74.2 cm³/mol. The molecule has 2 N–H and O–H groups in total. The van der Waals surface area contributed by atoms with Crippen molar-refractivity contribution in [2.75, 3.05) is 0 Å². The summed E-state index contributed by atoms with van der Waals surface area (Å²) in [6.07, 6.45) is -1.19. The number of Topliss-reactive ketones (excluding diaryl/α,β-unsaturated/α-hetero) is 4. The number of hydrogen-bond acceptors (Lipinski definition) is 6. The van der Waals surface area contributed by atoms with Crippen LogP contribution in [0.5, 0.6) is 0 Å². The van der Waals surface area contributed by atoms with E-state index in [1.54, 1.807) is 0 Å². The molecule has 0 saturated heterocycles. The van der Waals surface area contributed by atoms with Crippen LogP contribution in [0.4, 0.5) is 0 Å². The Morgan fingerprint density at radius 3 is 1.00 bits per heavy atom. The zero-order valence-electron chi connectivity index (χ0n) is 12.5. The second-order valence-corrected chi connectivity index (χ2v) is 4.22. The SMILES string of the molecule is C=C(C)C(=O)CC(=O)C(=O)O.C=C(C)C(=O)CC(=O)C(=O)O.[Cu]. The minimum Gasteiger partial charge on any atom is -0.475 e. The third-order valence-corrected chi connectivity index (χ3v) is 2.07. The number of carboxylic acids is 2. The van der Waals surface area contributed by atoms with Crippen LogP contribution in [0.1, 0.15) is 26.7 Å². The molecule has 0 heterocycles. The standard InChI is InChI=1S/2C7H8O4.Cu/c2*1-4(2)5(8)3-6(9)7(10)11;/h2*1,3H2,2H3,(H,10,11);. The maximum atomic E-state index is 10.7. The summed E-state index contributed by atoms with van der Waals surface area (Å²) >= 11 is 0. The molecule has 0 aromatic rings. The van der Waals surface area contributed by atoms with Crippen molar-refractivity contribution in [1.82, 2.24) is 0 Å². The molecule has 8 nitrogen and oxygen atoms in total. The topological polar surface area (TPSA) is 143 Å². The largest absolute Gasteiger partial charge is 0.475 e. The molecule has 0 bridgehead atoms. The first-order valence-electron chi connectivity index (χ1n) is 5.79. The van der Waals surface area contributed by atoms with E-state index in [4.69, 9.17) is 10.2 Å². The maximum absolute atomic E-state index is 10.7. The smallest absolute Gasteiger partial charge is 0.372 e. The van der Waals surface area contributed by atoms with E-state index in [1.807, 2.05) is 0 Å². The van der Waals surface area contributed by atoms with E-state index in [-0.39, 0.29) is 28.2 Å². The molecular formula is C14H16CuO8. The van der Waals surface area contributed by atoms with E-state index in [2.05, 4.69) is 13.2 Å². The van der Waals surface area contributed by atoms with E-state index >= 15 is 0 Å². The van der Waals surface area contributed by atoms with Gasteiger partial charge in [0.1, 0.15) is 0 Å². The zero-order valence-corrected chi connectivity index (χ0v) is 13.4. The average molecular weight is 376 g/mol.